The van der Waals surface area contributed by atoms with Crippen molar-refractivity contribution in [2.75, 3.05) is 13.7 Å². The van der Waals surface area contributed by atoms with E-state index in [9.17, 15) is 0 Å². The highest BCUT2D eigenvalue weighted by Crippen LogP contribution is 2.39. The topological polar surface area (TPSA) is 23.2 Å². The largest absolute Gasteiger partial charge is 0.400 e. The molecule has 2 aliphatic rings. The van der Waals surface area contributed by atoms with Crippen molar-refractivity contribution in [2.24, 2.45) is 0 Å². The van der Waals surface area contributed by atoms with Gasteiger partial charge in [-0.15, -0.1) is 0 Å². The van der Waals surface area contributed by atoms with Gasteiger partial charge >= 0.3 is 0 Å². The van der Waals surface area contributed by atoms with Crippen LogP contribution in [0.5, 0.6) is 0 Å². The molecule has 0 aromatic rings. The molecule has 0 aliphatic carbocycles. The first-order valence-corrected chi connectivity index (χ1v) is 8.14. The minimum absolute atomic E-state index is 1.00. The van der Waals surface area contributed by atoms with E-state index in [4.69, 9.17) is 5.11 Å². The predicted molar refractivity (Wildman–Crippen MR) is 78.9 cm³/mol. The molecule has 3 atom stereocenters. The van der Waals surface area contributed by atoms with E-state index in [1.165, 1.54) is 77.2 Å². The number of nitrogens with zero attached hydrogens (tertiary/aromatic N) is 1. The Balaban J connectivity index is 0.000000771. The van der Waals surface area contributed by atoms with E-state index in [1.807, 2.05) is 0 Å². The van der Waals surface area contributed by atoms with Crippen LogP contribution >= 0.6 is 0 Å². The van der Waals surface area contributed by atoms with Crippen LogP contribution in [-0.4, -0.2) is 35.7 Å². The molecule has 2 aliphatic heterocycles. The third-order valence-corrected chi connectivity index (χ3v) is 4.48. The van der Waals surface area contributed by atoms with Crippen molar-refractivity contribution in [2.45, 2.75) is 89.6 Å². The van der Waals surface area contributed by atoms with Crippen LogP contribution < -0.4 is 0 Å². The molecule has 108 valence electrons. The Labute approximate surface area is 114 Å². The molecule has 0 spiro atoms. The average Bonchev–Trinajstić information content (AvgIpc) is 3.14. The number of rotatable bonds is 8. The monoisotopic (exact) mass is 255 g/mol. The normalized spacial score (nSPS) is 29.2. The average molecular weight is 255 g/mol. The molecule has 2 saturated heterocycles. The van der Waals surface area contributed by atoms with Crippen molar-refractivity contribution in [1.29, 1.82) is 0 Å². The summed E-state index contributed by atoms with van der Waals surface area (Å²) in [4.78, 5) is 2.75. The minimum Gasteiger partial charge on any atom is -0.400 e. The van der Waals surface area contributed by atoms with Crippen molar-refractivity contribution < 1.29 is 5.11 Å². The van der Waals surface area contributed by atoms with Gasteiger partial charge in [0.05, 0.1) is 0 Å². The van der Waals surface area contributed by atoms with E-state index >= 15 is 0 Å². The summed E-state index contributed by atoms with van der Waals surface area (Å²) < 4.78 is 0. The maximum absolute atomic E-state index is 7.00. The second-order valence-electron chi connectivity index (χ2n) is 5.78. The van der Waals surface area contributed by atoms with Gasteiger partial charge in [-0.3, -0.25) is 4.90 Å². The number of aliphatic hydroxyl groups excluding tert-OH is 1. The molecule has 1 N–H and O–H groups in total. The SMILES string of the molecule is CCCCCCCCCC1C2CCCCN12.CO. The zero-order valence-electron chi connectivity index (χ0n) is 12.5. The predicted octanol–water partition coefficient (Wildman–Crippen LogP) is 3.97. The maximum atomic E-state index is 7.00. The molecule has 0 saturated carbocycles. The summed E-state index contributed by atoms with van der Waals surface area (Å²) in [5, 5.41) is 7.00. The summed E-state index contributed by atoms with van der Waals surface area (Å²) in [6, 6.07) is 2.03. The van der Waals surface area contributed by atoms with Gasteiger partial charge in [-0.25, -0.2) is 0 Å². The molecule has 2 heterocycles. The van der Waals surface area contributed by atoms with Crippen LogP contribution in [0, 0.1) is 0 Å². The zero-order valence-corrected chi connectivity index (χ0v) is 12.5. The Morgan fingerprint density at radius 2 is 1.61 bits per heavy atom. The third-order valence-electron chi connectivity index (χ3n) is 4.48. The molecule has 2 nitrogen and oxygen atoms in total. The fourth-order valence-corrected chi connectivity index (χ4v) is 3.40. The molecule has 2 fully saturated rings. The molecule has 0 radical (unpaired) electrons. The number of fused-ring (bicyclic) bond motifs is 1. The number of hydrogen-bond donors (Lipinski definition) is 1. The molecular formula is C16H33NO. The molecule has 18 heavy (non-hydrogen) atoms. The molecule has 2 rings (SSSR count). The van der Waals surface area contributed by atoms with E-state index < -0.39 is 0 Å². The van der Waals surface area contributed by atoms with Gasteiger partial charge in [-0.1, -0.05) is 58.3 Å². The van der Waals surface area contributed by atoms with Gasteiger partial charge in [0.15, 0.2) is 0 Å². The van der Waals surface area contributed by atoms with Crippen molar-refractivity contribution >= 4 is 0 Å². The summed E-state index contributed by atoms with van der Waals surface area (Å²) in [7, 11) is 1.00. The van der Waals surface area contributed by atoms with Crippen LogP contribution in [0.2, 0.25) is 0 Å². The van der Waals surface area contributed by atoms with Crippen molar-refractivity contribution in [3.63, 3.8) is 0 Å². The number of aliphatic hydroxyl groups is 1. The van der Waals surface area contributed by atoms with Gasteiger partial charge in [-0.2, -0.15) is 0 Å². The van der Waals surface area contributed by atoms with Gasteiger partial charge in [0, 0.05) is 19.2 Å². The summed E-state index contributed by atoms with van der Waals surface area (Å²) in [6.07, 6.45) is 16.2. The smallest absolute Gasteiger partial charge is 0.0319 e. The lowest BCUT2D eigenvalue weighted by Gasteiger charge is -2.08. The number of hydrogen-bond acceptors (Lipinski definition) is 2. The Kier molecular flexibility index (Phi) is 8.70. The van der Waals surface area contributed by atoms with Crippen molar-refractivity contribution in [3.8, 4) is 0 Å². The lowest BCUT2D eigenvalue weighted by Crippen LogP contribution is -2.09. The summed E-state index contributed by atoms with van der Waals surface area (Å²) in [5.74, 6) is 0. The van der Waals surface area contributed by atoms with E-state index in [0.29, 0.717) is 0 Å². The Morgan fingerprint density at radius 1 is 0.944 bits per heavy atom. The highest BCUT2D eigenvalue weighted by atomic mass is 16.2. The van der Waals surface area contributed by atoms with Crippen LogP contribution in [0.4, 0.5) is 0 Å². The molecule has 3 unspecified atom stereocenters. The van der Waals surface area contributed by atoms with Crippen LogP contribution in [0.3, 0.4) is 0 Å². The fourth-order valence-electron chi connectivity index (χ4n) is 3.40. The minimum atomic E-state index is 1.00. The molecule has 0 aromatic heterocycles. The van der Waals surface area contributed by atoms with Gasteiger partial charge in [0.2, 0.25) is 0 Å². The second-order valence-corrected chi connectivity index (χ2v) is 5.78. The summed E-state index contributed by atoms with van der Waals surface area (Å²) in [6.45, 7) is 3.70. The molecule has 2 heteroatoms. The number of unbranched alkanes of at least 4 members (excludes halogenated alkanes) is 6. The Hall–Kier alpha value is -0.0800. The van der Waals surface area contributed by atoms with E-state index in [-0.39, 0.29) is 0 Å². The molecule has 0 aromatic carbocycles. The van der Waals surface area contributed by atoms with Gasteiger partial charge in [-0.05, 0) is 25.8 Å². The second kappa shape index (κ2) is 9.80. The van der Waals surface area contributed by atoms with Crippen LogP contribution in [0.1, 0.15) is 77.6 Å². The highest BCUT2D eigenvalue weighted by molar-refractivity contribution is 5.03. The van der Waals surface area contributed by atoms with E-state index in [2.05, 4.69) is 11.8 Å². The van der Waals surface area contributed by atoms with Gasteiger partial charge < -0.3 is 5.11 Å². The zero-order chi connectivity index (χ0) is 13.2. The number of piperidine rings is 1. The first-order valence-electron chi connectivity index (χ1n) is 8.14. The summed E-state index contributed by atoms with van der Waals surface area (Å²) in [5.41, 5.74) is 0. The standard InChI is InChI=1S/C15H29N.CH4O/c1-2-3-4-5-6-7-8-11-14-15-12-9-10-13-16(14)15;1-2/h14-15H,2-13H2,1H3;2H,1H3. The lowest BCUT2D eigenvalue weighted by molar-refractivity contribution is 0.393. The maximum Gasteiger partial charge on any atom is 0.0319 e. The van der Waals surface area contributed by atoms with Crippen molar-refractivity contribution in [1.82, 2.24) is 4.90 Å². The molecular weight excluding hydrogens is 222 g/mol. The van der Waals surface area contributed by atoms with Gasteiger partial charge in [0.25, 0.3) is 0 Å². The van der Waals surface area contributed by atoms with E-state index in [0.717, 1.165) is 19.2 Å². The first kappa shape index (κ1) is 16.0. The summed E-state index contributed by atoms with van der Waals surface area (Å²) >= 11 is 0. The lowest BCUT2D eigenvalue weighted by atomic mass is 10.0. The van der Waals surface area contributed by atoms with Crippen LogP contribution in [0.15, 0.2) is 0 Å². The fraction of sp³-hybridized carbons (Fsp3) is 1.00. The Morgan fingerprint density at radius 3 is 2.22 bits per heavy atom. The van der Waals surface area contributed by atoms with Crippen LogP contribution in [0.25, 0.3) is 0 Å². The molecule has 0 bridgehead atoms. The first-order chi connectivity index (χ1) is 8.93. The van der Waals surface area contributed by atoms with Crippen LogP contribution in [-0.2, 0) is 0 Å². The quantitative estimate of drug-likeness (QED) is 0.524. The molecule has 0 amide bonds. The van der Waals surface area contributed by atoms with E-state index in [1.54, 1.807) is 0 Å². The van der Waals surface area contributed by atoms with Gasteiger partial charge in [0.1, 0.15) is 0 Å². The van der Waals surface area contributed by atoms with Crippen molar-refractivity contribution in [3.05, 3.63) is 0 Å². The third kappa shape index (κ3) is 5.27. The Bertz CT molecular complexity index is 184. The highest BCUT2D eigenvalue weighted by Gasteiger charge is 2.46.